The molecule has 0 saturated heterocycles. The number of aliphatic hydroxyl groups is 1. The number of allylic oxidation sites excluding steroid dienone is 1. The minimum Gasteiger partial charge on any atom is -0.396 e. The molecule has 0 saturated carbocycles. The summed E-state index contributed by atoms with van der Waals surface area (Å²) >= 11 is 6.15. The molecule has 3 N–H and O–H groups in total. The predicted molar refractivity (Wildman–Crippen MR) is 105 cm³/mol. The average Bonchev–Trinajstić information content (AvgIpc) is 2.96. The second-order valence-corrected chi connectivity index (χ2v) is 6.63. The number of benzene rings is 2. The number of nitrogens with zero attached hydrogens (tertiary/aromatic N) is 2. The molecule has 0 fully saturated rings. The Labute approximate surface area is 162 Å². The topological polar surface area (TPSA) is 86.9 Å². The fourth-order valence-corrected chi connectivity index (χ4v) is 3.25. The van der Waals surface area contributed by atoms with E-state index in [1.807, 2.05) is 30.3 Å². The van der Waals surface area contributed by atoms with Crippen molar-refractivity contribution < 1.29 is 14.7 Å². The van der Waals surface area contributed by atoms with Gasteiger partial charge < -0.3 is 5.11 Å². The first-order valence-electron chi connectivity index (χ1n) is 8.54. The van der Waals surface area contributed by atoms with Crippen molar-refractivity contribution in [3.05, 3.63) is 64.8 Å². The van der Waals surface area contributed by atoms with Crippen LogP contribution >= 0.6 is 11.6 Å². The van der Waals surface area contributed by atoms with Crippen LogP contribution in [0.3, 0.4) is 0 Å². The number of rotatable bonds is 5. The first kappa shape index (κ1) is 19.1. The lowest BCUT2D eigenvalue weighted by atomic mass is 10.1. The zero-order valence-corrected chi connectivity index (χ0v) is 15.6. The normalized spacial score (nSPS) is 15.0. The van der Waals surface area contributed by atoms with Gasteiger partial charge in [-0.15, -0.1) is 0 Å². The van der Waals surface area contributed by atoms with Crippen molar-refractivity contribution in [1.82, 2.24) is 5.01 Å². The maximum Gasteiger partial charge on any atom is 0.265 e. The minimum absolute atomic E-state index is 0.0989. The van der Waals surface area contributed by atoms with Crippen molar-refractivity contribution >= 4 is 40.4 Å². The molecule has 0 bridgehead atoms. The Balaban J connectivity index is 2.10. The molecule has 2 aromatic carbocycles. The van der Waals surface area contributed by atoms with Gasteiger partial charge in [-0.05, 0) is 37.6 Å². The minimum atomic E-state index is -0.365. The standard InChI is InChI=1S/C20H20ClN3O3/c1-13(24(22)18(26)8-5-11-25)19-16-10-9-14(21)12-17(16)23(20(19)27)15-6-3-2-4-7-15/h2-4,6-7,9-10,12,25H,5,8,11,22H2,1H3/b19-13-. The first-order valence-corrected chi connectivity index (χ1v) is 8.92. The molecule has 27 heavy (non-hydrogen) atoms. The van der Waals surface area contributed by atoms with Crippen molar-refractivity contribution in [2.24, 2.45) is 5.84 Å². The monoisotopic (exact) mass is 385 g/mol. The molecule has 0 radical (unpaired) electrons. The summed E-state index contributed by atoms with van der Waals surface area (Å²) in [6.45, 7) is 1.54. The molecule has 3 rings (SSSR count). The van der Waals surface area contributed by atoms with E-state index < -0.39 is 0 Å². The lowest BCUT2D eigenvalue weighted by Gasteiger charge is -2.20. The van der Waals surface area contributed by atoms with E-state index in [4.69, 9.17) is 22.6 Å². The van der Waals surface area contributed by atoms with E-state index in [2.05, 4.69) is 0 Å². The van der Waals surface area contributed by atoms with E-state index in [9.17, 15) is 9.59 Å². The summed E-state index contributed by atoms with van der Waals surface area (Å²) in [5.41, 5.74) is 2.71. The van der Waals surface area contributed by atoms with Gasteiger partial charge in [0, 0.05) is 35.0 Å². The average molecular weight is 386 g/mol. The van der Waals surface area contributed by atoms with Crippen LogP contribution in [-0.4, -0.2) is 28.5 Å². The van der Waals surface area contributed by atoms with Crippen LogP contribution in [0.25, 0.3) is 5.57 Å². The number of amides is 2. The maximum atomic E-state index is 13.2. The Hall–Kier alpha value is -2.67. The van der Waals surface area contributed by atoms with Gasteiger partial charge >= 0.3 is 0 Å². The van der Waals surface area contributed by atoms with Crippen LogP contribution in [0.2, 0.25) is 5.02 Å². The third-order valence-electron chi connectivity index (χ3n) is 4.44. The number of aliphatic hydroxyl groups excluding tert-OH is 1. The largest absolute Gasteiger partial charge is 0.396 e. The number of para-hydroxylation sites is 1. The van der Waals surface area contributed by atoms with Crippen LogP contribution in [0.1, 0.15) is 25.3 Å². The first-order chi connectivity index (χ1) is 13.0. The van der Waals surface area contributed by atoms with Crippen molar-refractivity contribution in [2.45, 2.75) is 19.8 Å². The van der Waals surface area contributed by atoms with Crippen molar-refractivity contribution in [3.8, 4) is 0 Å². The second kappa shape index (κ2) is 7.92. The Morgan fingerprint density at radius 3 is 2.59 bits per heavy atom. The summed E-state index contributed by atoms with van der Waals surface area (Å²) in [6, 6.07) is 14.4. The zero-order valence-electron chi connectivity index (χ0n) is 14.9. The van der Waals surface area contributed by atoms with Gasteiger partial charge in [0.2, 0.25) is 5.91 Å². The Morgan fingerprint density at radius 2 is 1.93 bits per heavy atom. The van der Waals surface area contributed by atoms with Gasteiger partial charge in [-0.1, -0.05) is 35.9 Å². The summed E-state index contributed by atoms with van der Waals surface area (Å²) in [6.07, 6.45) is 0.410. The summed E-state index contributed by atoms with van der Waals surface area (Å²) in [5.74, 6) is 5.32. The highest BCUT2D eigenvalue weighted by atomic mass is 35.5. The SMILES string of the molecule is C/C(=C1/C(=O)N(c2ccccc2)c2cc(Cl)ccc21)N(N)C(=O)CCCO. The Bertz CT molecular complexity index is 912. The summed E-state index contributed by atoms with van der Waals surface area (Å²) in [4.78, 5) is 27.0. The molecule has 0 aliphatic carbocycles. The molecule has 1 heterocycles. The van der Waals surface area contributed by atoms with Crippen LogP contribution in [0.15, 0.2) is 54.2 Å². The third-order valence-corrected chi connectivity index (χ3v) is 4.68. The molecule has 6 nitrogen and oxygen atoms in total. The molecule has 0 unspecified atom stereocenters. The van der Waals surface area contributed by atoms with Crippen LogP contribution in [-0.2, 0) is 9.59 Å². The Morgan fingerprint density at radius 1 is 1.22 bits per heavy atom. The molecular weight excluding hydrogens is 366 g/mol. The predicted octanol–water partition coefficient (Wildman–Crippen LogP) is 3.22. The van der Waals surface area contributed by atoms with Crippen molar-refractivity contribution in [3.63, 3.8) is 0 Å². The number of carbonyl (C=O) groups excluding carboxylic acids is 2. The molecule has 2 aromatic rings. The van der Waals surface area contributed by atoms with Crippen molar-refractivity contribution in [2.75, 3.05) is 11.5 Å². The number of anilines is 2. The fraction of sp³-hybridized carbons (Fsp3) is 0.200. The smallest absolute Gasteiger partial charge is 0.265 e. The van der Waals surface area contributed by atoms with Gasteiger partial charge in [-0.2, -0.15) is 0 Å². The second-order valence-electron chi connectivity index (χ2n) is 6.19. The molecule has 1 aliphatic heterocycles. The molecule has 0 atom stereocenters. The number of hydrazine groups is 1. The lowest BCUT2D eigenvalue weighted by molar-refractivity contribution is -0.129. The van der Waals surface area contributed by atoms with Crippen LogP contribution < -0.4 is 10.7 Å². The Kier molecular flexibility index (Phi) is 5.60. The van der Waals surface area contributed by atoms with Gasteiger partial charge in [-0.25, -0.2) is 5.84 Å². The highest BCUT2D eigenvalue weighted by Gasteiger charge is 2.36. The zero-order chi connectivity index (χ0) is 19.6. The van der Waals surface area contributed by atoms with Gasteiger partial charge in [-0.3, -0.25) is 19.5 Å². The molecule has 0 aromatic heterocycles. The molecule has 7 heteroatoms. The molecule has 1 aliphatic rings. The van der Waals surface area contributed by atoms with E-state index in [1.165, 1.54) is 0 Å². The number of fused-ring (bicyclic) bond motifs is 1. The van der Waals surface area contributed by atoms with Crippen molar-refractivity contribution in [1.29, 1.82) is 0 Å². The highest BCUT2D eigenvalue weighted by molar-refractivity contribution is 6.37. The number of nitrogens with two attached hydrogens (primary N) is 1. The van der Waals surface area contributed by atoms with E-state index in [-0.39, 0.29) is 24.8 Å². The molecular formula is C20H20ClN3O3. The number of halogens is 1. The van der Waals surface area contributed by atoms with Crippen LogP contribution in [0, 0.1) is 0 Å². The third kappa shape index (κ3) is 3.60. The fourth-order valence-electron chi connectivity index (χ4n) is 3.08. The van der Waals surface area contributed by atoms with Gasteiger partial charge in [0.15, 0.2) is 0 Å². The number of carbonyl (C=O) groups is 2. The van der Waals surface area contributed by atoms with Crippen LogP contribution in [0.5, 0.6) is 0 Å². The van der Waals surface area contributed by atoms with E-state index in [1.54, 1.807) is 30.0 Å². The molecule has 140 valence electrons. The maximum absolute atomic E-state index is 13.2. The number of hydrogen-bond donors (Lipinski definition) is 2. The number of hydrogen-bond acceptors (Lipinski definition) is 4. The highest BCUT2D eigenvalue weighted by Crippen LogP contribution is 2.44. The van der Waals surface area contributed by atoms with Gasteiger partial charge in [0.05, 0.1) is 11.3 Å². The molecule has 2 amide bonds. The van der Waals surface area contributed by atoms with E-state index >= 15 is 0 Å². The van der Waals surface area contributed by atoms with E-state index in [0.717, 1.165) is 5.01 Å². The van der Waals surface area contributed by atoms with Crippen LogP contribution in [0.4, 0.5) is 11.4 Å². The molecule has 0 spiro atoms. The van der Waals surface area contributed by atoms with E-state index in [0.29, 0.717) is 39.7 Å². The van der Waals surface area contributed by atoms with Gasteiger partial charge in [0.1, 0.15) is 0 Å². The summed E-state index contributed by atoms with van der Waals surface area (Å²) in [7, 11) is 0. The van der Waals surface area contributed by atoms with Gasteiger partial charge in [0.25, 0.3) is 5.91 Å². The summed E-state index contributed by atoms with van der Waals surface area (Å²) < 4.78 is 0. The quantitative estimate of drug-likeness (QED) is 0.358. The summed E-state index contributed by atoms with van der Waals surface area (Å²) in [5, 5.41) is 10.4. The lowest BCUT2D eigenvalue weighted by Crippen LogP contribution is -2.37.